The average Bonchev–Trinajstić information content (AvgIpc) is 2.38. The van der Waals surface area contributed by atoms with Gasteiger partial charge in [-0.25, -0.2) is 0 Å². The lowest BCUT2D eigenvalue weighted by atomic mass is 9.84. The van der Waals surface area contributed by atoms with Gasteiger partial charge in [-0.2, -0.15) is 0 Å². The number of hydrogen-bond donors (Lipinski definition) is 1. The van der Waals surface area contributed by atoms with Crippen molar-refractivity contribution in [3.63, 3.8) is 0 Å². The summed E-state index contributed by atoms with van der Waals surface area (Å²) in [5, 5.41) is 3.66. The molecule has 0 radical (unpaired) electrons. The van der Waals surface area contributed by atoms with Crippen molar-refractivity contribution in [3.05, 3.63) is 47.0 Å². The van der Waals surface area contributed by atoms with Gasteiger partial charge in [0.05, 0.1) is 0 Å². The van der Waals surface area contributed by atoms with Crippen LogP contribution in [0, 0.1) is 11.8 Å². The molecular formula is C18H27N. The molecule has 2 atom stereocenters. The fourth-order valence-electron chi connectivity index (χ4n) is 3.33. The summed E-state index contributed by atoms with van der Waals surface area (Å²) in [7, 11) is 0. The lowest BCUT2D eigenvalue weighted by molar-refractivity contribution is 0.381. The van der Waals surface area contributed by atoms with E-state index in [1.165, 1.54) is 24.0 Å². The van der Waals surface area contributed by atoms with Crippen LogP contribution in [0.3, 0.4) is 0 Å². The Bertz CT molecular complexity index is 433. The highest BCUT2D eigenvalue weighted by atomic mass is 14.9. The van der Waals surface area contributed by atoms with Gasteiger partial charge in [-0.15, -0.1) is 0 Å². The summed E-state index contributed by atoms with van der Waals surface area (Å²) < 4.78 is 0. The van der Waals surface area contributed by atoms with Crippen molar-refractivity contribution < 1.29 is 0 Å². The molecule has 2 unspecified atom stereocenters. The van der Waals surface area contributed by atoms with Crippen molar-refractivity contribution >= 4 is 0 Å². The lowest BCUT2D eigenvalue weighted by Gasteiger charge is -2.25. The van der Waals surface area contributed by atoms with E-state index < -0.39 is 0 Å². The molecule has 19 heavy (non-hydrogen) atoms. The molecule has 0 saturated heterocycles. The van der Waals surface area contributed by atoms with E-state index in [0.717, 1.165) is 31.3 Å². The first kappa shape index (κ1) is 14.3. The minimum absolute atomic E-state index is 0.753. The second kappa shape index (κ2) is 6.91. The Labute approximate surface area is 118 Å². The number of hydrogen-bond acceptors (Lipinski definition) is 1. The fourth-order valence-corrected chi connectivity index (χ4v) is 3.33. The van der Waals surface area contributed by atoms with Gasteiger partial charge in [-0.05, 0) is 55.7 Å². The summed E-state index contributed by atoms with van der Waals surface area (Å²) in [5.74, 6) is 1.57. The van der Waals surface area contributed by atoms with E-state index in [-0.39, 0.29) is 0 Å². The Balaban J connectivity index is 1.82. The Morgan fingerprint density at radius 3 is 2.63 bits per heavy atom. The molecule has 0 bridgehead atoms. The zero-order valence-corrected chi connectivity index (χ0v) is 12.6. The van der Waals surface area contributed by atoms with E-state index >= 15 is 0 Å². The largest absolute Gasteiger partial charge is 0.312 e. The Kier molecular flexibility index (Phi) is 5.21. The van der Waals surface area contributed by atoms with Crippen molar-refractivity contribution in [2.75, 3.05) is 6.54 Å². The second-order valence-electron chi connectivity index (χ2n) is 6.05. The molecule has 104 valence electrons. The van der Waals surface area contributed by atoms with Gasteiger partial charge in [0.15, 0.2) is 0 Å². The van der Waals surface area contributed by atoms with Crippen LogP contribution in [0.15, 0.2) is 35.9 Å². The summed E-state index contributed by atoms with van der Waals surface area (Å²) in [5.41, 5.74) is 4.50. The summed E-state index contributed by atoms with van der Waals surface area (Å²) >= 11 is 0. The average molecular weight is 257 g/mol. The highest BCUT2D eigenvalue weighted by Gasteiger charge is 2.17. The predicted molar refractivity (Wildman–Crippen MR) is 83.2 cm³/mol. The van der Waals surface area contributed by atoms with Crippen LogP contribution in [0.2, 0.25) is 0 Å². The molecule has 1 aromatic rings. The molecule has 1 N–H and O–H groups in total. The number of aryl methyl sites for hydroxylation is 1. The van der Waals surface area contributed by atoms with Crippen LogP contribution in [0.1, 0.15) is 44.7 Å². The first-order valence-electron chi connectivity index (χ1n) is 7.63. The zero-order valence-electron chi connectivity index (χ0n) is 12.6. The summed E-state index contributed by atoms with van der Waals surface area (Å²) in [4.78, 5) is 0. The number of allylic oxidation sites excluding steroid dienone is 2. The number of rotatable bonds is 5. The van der Waals surface area contributed by atoms with Crippen LogP contribution in [0.5, 0.6) is 0 Å². The first-order chi connectivity index (χ1) is 9.19. The van der Waals surface area contributed by atoms with Crippen LogP contribution in [-0.4, -0.2) is 6.54 Å². The van der Waals surface area contributed by atoms with Crippen molar-refractivity contribution in [3.8, 4) is 0 Å². The number of benzene rings is 1. The molecule has 0 amide bonds. The van der Waals surface area contributed by atoms with Crippen LogP contribution >= 0.6 is 0 Å². The molecule has 0 heterocycles. The van der Waals surface area contributed by atoms with Gasteiger partial charge in [-0.1, -0.05) is 49.8 Å². The van der Waals surface area contributed by atoms with Crippen LogP contribution in [0.25, 0.3) is 0 Å². The van der Waals surface area contributed by atoms with Crippen molar-refractivity contribution in [1.29, 1.82) is 0 Å². The minimum atomic E-state index is 0.753. The molecule has 1 heteroatoms. The van der Waals surface area contributed by atoms with Crippen LogP contribution in [-0.2, 0) is 13.0 Å². The molecule has 1 nitrogen and oxygen atoms in total. The van der Waals surface area contributed by atoms with Crippen molar-refractivity contribution in [2.45, 2.75) is 46.6 Å². The van der Waals surface area contributed by atoms with Crippen molar-refractivity contribution in [1.82, 2.24) is 5.32 Å². The van der Waals surface area contributed by atoms with Gasteiger partial charge in [0, 0.05) is 6.54 Å². The van der Waals surface area contributed by atoms with Gasteiger partial charge in [0.25, 0.3) is 0 Å². The third-order valence-corrected chi connectivity index (χ3v) is 4.13. The zero-order chi connectivity index (χ0) is 13.7. The topological polar surface area (TPSA) is 12.0 Å². The van der Waals surface area contributed by atoms with E-state index in [1.807, 2.05) is 0 Å². The minimum Gasteiger partial charge on any atom is -0.312 e. The Morgan fingerprint density at radius 1 is 1.21 bits per heavy atom. The highest BCUT2D eigenvalue weighted by molar-refractivity contribution is 5.26. The highest BCUT2D eigenvalue weighted by Crippen LogP contribution is 2.27. The standard InChI is InChI=1S/C18H27N/c1-4-17-7-5-6-8-18(17)13-19-12-16-10-14(2)9-15(3)11-16/h5-9,14,16,19H,4,10-13H2,1-3H3. The second-order valence-corrected chi connectivity index (χ2v) is 6.05. The Hall–Kier alpha value is -1.08. The smallest absolute Gasteiger partial charge is 0.0208 e. The molecule has 0 saturated carbocycles. The van der Waals surface area contributed by atoms with Gasteiger partial charge < -0.3 is 5.32 Å². The maximum absolute atomic E-state index is 3.66. The monoisotopic (exact) mass is 257 g/mol. The van der Waals surface area contributed by atoms with E-state index in [1.54, 1.807) is 5.57 Å². The third-order valence-electron chi connectivity index (χ3n) is 4.13. The van der Waals surface area contributed by atoms with Gasteiger partial charge in [0.2, 0.25) is 0 Å². The molecule has 0 spiro atoms. The third kappa shape index (κ3) is 4.21. The normalized spacial score (nSPS) is 23.2. The van der Waals surface area contributed by atoms with Crippen LogP contribution < -0.4 is 5.32 Å². The van der Waals surface area contributed by atoms with E-state index in [9.17, 15) is 0 Å². The first-order valence-corrected chi connectivity index (χ1v) is 7.63. The molecule has 0 aromatic heterocycles. The SMILES string of the molecule is CCc1ccccc1CNCC1CC(C)=CC(C)C1. The molecule has 0 aliphatic heterocycles. The molecule has 0 fully saturated rings. The molecule has 1 aliphatic carbocycles. The van der Waals surface area contributed by atoms with Crippen LogP contribution in [0.4, 0.5) is 0 Å². The summed E-state index contributed by atoms with van der Waals surface area (Å²) in [6, 6.07) is 8.78. The maximum atomic E-state index is 3.66. The number of nitrogens with one attached hydrogen (secondary N) is 1. The molecule has 1 aromatic carbocycles. The van der Waals surface area contributed by atoms with Gasteiger partial charge in [0.1, 0.15) is 0 Å². The quantitative estimate of drug-likeness (QED) is 0.774. The van der Waals surface area contributed by atoms with E-state index in [4.69, 9.17) is 0 Å². The molecule has 1 aliphatic rings. The Morgan fingerprint density at radius 2 is 1.95 bits per heavy atom. The molecular weight excluding hydrogens is 230 g/mol. The van der Waals surface area contributed by atoms with Gasteiger partial charge >= 0.3 is 0 Å². The van der Waals surface area contributed by atoms with E-state index in [0.29, 0.717) is 0 Å². The van der Waals surface area contributed by atoms with E-state index in [2.05, 4.69) is 56.4 Å². The maximum Gasteiger partial charge on any atom is 0.0208 e. The predicted octanol–water partition coefficient (Wildman–Crippen LogP) is 4.33. The summed E-state index contributed by atoms with van der Waals surface area (Å²) in [6.07, 6.45) is 6.16. The molecule has 2 rings (SSSR count). The lowest BCUT2D eigenvalue weighted by Crippen LogP contribution is -2.26. The summed E-state index contributed by atoms with van der Waals surface area (Å²) in [6.45, 7) is 9.00. The van der Waals surface area contributed by atoms with Crippen molar-refractivity contribution in [2.24, 2.45) is 11.8 Å². The fraction of sp³-hybridized carbons (Fsp3) is 0.556. The van der Waals surface area contributed by atoms with Gasteiger partial charge in [-0.3, -0.25) is 0 Å².